The number of nitrogens with two attached hydrogens (primary N) is 1. The highest BCUT2D eigenvalue weighted by molar-refractivity contribution is 7.80. The molecule has 0 aliphatic rings. The predicted octanol–water partition coefficient (Wildman–Crippen LogP) is -0.620. The van der Waals surface area contributed by atoms with Crippen LogP contribution in [-0.2, 0) is 4.79 Å². The van der Waals surface area contributed by atoms with E-state index in [1.54, 1.807) is 6.92 Å². The molecule has 0 rings (SSSR count). The van der Waals surface area contributed by atoms with E-state index in [-0.39, 0.29) is 5.91 Å². The van der Waals surface area contributed by atoms with Crippen LogP contribution < -0.4 is 11.1 Å². The molecule has 3 N–H and O–H groups in total. The van der Waals surface area contributed by atoms with Crippen LogP contribution in [0.5, 0.6) is 0 Å². The number of carbonyl (C=O) groups excluding carboxylic acids is 1. The zero-order chi connectivity index (χ0) is 7.28. The highest BCUT2D eigenvalue weighted by Gasteiger charge is 2.03. The minimum absolute atomic E-state index is 0.121. The highest BCUT2D eigenvalue weighted by Crippen LogP contribution is 1.74. The van der Waals surface area contributed by atoms with Gasteiger partial charge in [-0.2, -0.15) is 12.6 Å². The molecule has 0 saturated heterocycles. The first-order chi connectivity index (χ1) is 4.18. The molecule has 0 aliphatic heterocycles. The first kappa shape index (κ1) is 8.78. The van der Waals surface area contributed by atoms with Crippen molar-refractivity contribution in [2.75, 3.05) is 12.3 Å². The van der Waals surface area contributed by atoms with Crippen LogP contribution in [0.4, 0.5) is 0 Å². The summed E-state index contributed by atoms with van der Waals surface area (Å²) in [6.45, 7) is 2.23. The topological polar surface area (TPSA) is 55.1 Å². The quantitative estimate of drug-likeness (QED) is 0.467. The lowest BCUT2D eigenvalue weighted by molar-refractivity contribution is -0.121. The molecule has 1 atom stereocenters. The molecule has 0 aromatic heterocycles. The average molecular weight is 148 g/mol. The summed E-state index contributed by atoms with van der Waals surface area (Å²) < 4.78 is 0. The Kier molecular flexibility index (Phi) is 4.53. The SMILES string of the molecule is C[C@@H](N)C(=O)NCCS. The van der Waals surface area contributed by atoms with E-state index in [9.17, 15) is 4.79 Å². The molecule has 0 aromatic rings. The molecule has 1 amide bonds. The van der Waals surface area contributed by atoms with Gasteiger partial charge in [-0.3, -0.25) is 4.79 Å². The van der Waals surface area contributed by atoms with Gasteiger partial charge in [-0.1, -0.05) is 0 Å². The number of rotatable bonds is 3. The Labute approximate surface area is 60.4 Å². The number of nitrogens with one attached hydrogen (secondary N) is 1. The minimum Gasteiger partial charge on any atom is -0.354 e. The number of carbonyl (C=O) groups is 1. The summed E-state index contributed by atoms with van der Waals surface area (Å²) in [7, 11) is 0. The third kappa shape index (κ3) is 4.29. The van der Waals surface area contributed by atoms with Gasteiger partial charge < -0.3 is 11.1 Å². The molecule has 0 saturated carbocycles. The van der Waals surface area contributed by atoms with E-state index in [2.05, 4.69) is 17.9 Å². The van der Waals surface area contributed by atoms with Crippen LogP contribution in [0.3, 0.4) is 0 Å². The minimum atomic E-state index is -0.412. The average Bonchev–Trinajstić information content (AvgIpc) is 1.82. The molecule has 0 aliphatic carbocycles. The Hall–Kier alpha value is -0.220. The van der Waals surface area contributed by atoms with Gasteiger partial charge in [0.1, 0.15) is 0 Å². The van der Waals surface area contributed by atoms with Crippen LogP contribution in [-0.4, -0.2) is 24.2 Å². The van der Waals surface area contributed by atoms with E-state index in [0.717, 1.165) is 0 Å². The summed E-state index contributed by atoms with van der Waals surface area (Å²) in [5.74, 6) is 0.530. The second kappa shape index (κ2) is 4.64. The Morgan fingerprint density at radius 3 is 2.78 bits per heavy atom. The highest BCUT2D eigenvalue weighted by atomic mass is 32.1. The lowest BCUT2D eigenvalue weighted by Crippen LogP contribution is -2.39. The van der Waals surface area contributed by atoms with E-state index in [1.807, 2.05) is 0 Å². The van der Waals surface area contributed by atoms with E-state index in [1.165, 1.54) is 0 Å². The Balaban J connectivity index is 3.28. The van der Waals surface area contributed by atoms with Crippen LogP contribution >= 0.6 is 12.6 Å². The monoisotopic (exact) mass is 148 g/mol. The molecule has 0 fully saturated rings. The van der Waals surface area contributed by atoms with Crippen LogP contribution in [0.15, 0.2) is 0 Å². The molecule has 0 aromatic carbocycles. The fraction of sp³-hybridized carbons (Fsp3) is 0.800. The molecule has 0 heterocycles. The first-order valence-electron chi connectivity index (χ1n) is 2.82. The first-order valence-corrected chi connectivity index (χ1v) is 3.46. The molecule has 0 bridgehead atoms. The smallest absolute Gasteiger partial charge is 0.236 e. The van der Waals surface area contributed by atoms with Gasteiger partial charge in [-0.05, 0) is 6.92 Å². The third-order valence-electron chi connectivity index (χ3n) is 0.825. The number of hydrogen-bond donors (Lipinski definition) is 3. The second-order valence-electron chi connectivity index (χ2n) is 1.80. The largest absolute Gasteiger partial charge is 0.354 e. The standard InChI is InChI=1S/C5H12N2OS/c1-4(6)5(8)7-2-3-9/h4,9H,2-3,6H2,1H3,(H,7,8)/t4-/m1/s1. The van der Waals surface area contributed by atoms with Crippen molar-refractivity contribution in [1.82, 2.24) is 5.32 Å². The maximum Gasteiger partial charge on any atom is 0.236 e. The lowest BCUT2D eigenvalue weighted by Gasteiger charge is -2.04. The lowest BCUT2D eigenvalue weighted by atomic mass is 10.3. The maximum absolute atomic E-state index is 10.6. The van der Waals surface area contributed by atoms with Gasteiger partial charge >= 0.3 is 0 Å². The molecular weight excluding hydrogens is 136 g/mol. The van der Waals surface area contributed by atoms with Crippen molar-refractivity contribution >= 4 is 18.5 Å². The van der Waals surface area contributed by atoms with Gasteiger partial charge in [0.2, 0.25) is 5.91 Å². The van der Waals surface area contributed by atoms with Crippen molar-refractivity contribution in [1.29, 1.82) is 0 Å². The molecule has 9 heavy (non-hydrogen) atoms. The summed E-state index contributed by atoms with van der Waals surface area (Å²) >= 11 is 3.91. The fourth-order valence-corrected chi connectivity index (χ4v) is 0.452. The molecular formula is C5H12N2OS. The summed E-state index contributed by atoms with van der Waals surface area (Å²) in [5, 5.41) is 2.59. The fourth-order valence-electron chi connectivity index (χ4n) is 0.340. The molecule has 0 radical (unpaired) electrons. The van der Waals surface area contributed by atoms with Crippen LogP contribution in [0.2, 0.25) is 0 Å². The van der Waals surface area contributed by atoms with Crippen LogP contribution in [0, 0.1) is 0 Å². The molecule has 54 valence electrons. The second-order valence-corrected chi connectivity index (χ2v) is 2.25. The van der Waals surface area contributed by atoms with E-state index >= 15 is 0 Å². The Bertz CT molecular complexity index is 95.0. The van der Waals surface area contributed by atoms with Crippen LogP contribution in [0.25, 0.3) is 0 Å². The number of thiol groups is 1. The number of amides is 1. The zero-order valence-corrected chi connectivity index (χ0v) is 6.32. The summed E-state index contributed by atoms with van der Waals surface area (Å²) in [6.07, 6.45) is 0. The van der Waals surface area contributed by atoms with Crippen molar-refractivity contribution in [3.05, 3.63) is 0 Å². The van der Waals surface area contributed by atoms with Gasteiger partial charge in [0.15, 0.2) is 0 Å². The van der Waals surface area contributed by atoms with E-state index < -0.39 is 6.04 Å². The van der Waals surface area contributed by atoms with Gasteiger partial charge in [-0.15, -0.1) is 0 Å². The maximum atomic E-state index is 10.6. The van der Waals surface area contributed by atoms with Crippen molar-refractivity contribution < 1.29 is 4.79 Å². The van der Waals surface area contributed by atoms with Gasteiger partial charge in [0.25, 0.3) is 0 Å². The molecule has 0 spiro atoms. The van der Waals surface area contributed by atoms with Crippen molar-refractivity contribution in [3.8, 4) is 0 Å². The summed E-state index contributed by atoms with van der Waals surface area (Å²) in [5.41, 5.74) is 5.24. The normalized spacial score (nSPS) is 12.8. The van der Waals surface area contributed by atoms with Gasteiger partial charge in [0, 0.05) is 12.3 Å². The Morgan fingerprint density at radius 2 is 2.44 bits per heavy atom. The molecule has 3 nitrogen and oxygen atoms in total. The van der Waals surface area contributed by atoms with Crippen molar-refractivity contribution in [2.45, 2.75) is 13.0 Å². The predicted molar refractivity (Wildman–Crippen MR) is 40.5 cm³/mol. The van der Waals surface area contributed by atoms with E-state index in [0.29, 0.717) is 12.3 Å². The summed E-state index contributed by atoms with van der Waals surface area (Å²) in [4.78, 5) is 10.6. The zero-order valence-electron chi connectivity index (χ0n) is 5.42. The van der Waals surface area contributed by atoms with Crippen LogP contribution in [0.1, 0.15) is 6.92 Å². The molecule has 0 unspecified atom stereocenters. The molecule has 4 heteroatoms. The van der Waals surface area contributed by atoms with Crippen molar-refractivity contribution in [2.24, 2.45) is 5.73 Å². The third-order valence-corrected chi connectivity index (χ3v) is 1.05. The van der Waals surface area contributed by atoms with E-state index in [4.69, 9.17) is 5.73 Å². The summed E-state index contributed by atoms with van der Waals surface area (Å²) in [6, 6.07) is -0.412. The number of hydrogen-bond acceptors (Lipinski definition) is 3. The van der Waals surface area contributed by atoms with Crippen molar-refractivity contribution in [3.63, 3.8) is 0 Å². The van der Waals surface area contributed by atoms with Gasteiger partial charge in [-0.25, -0.2) is 0 Å². The Morgan fingerprint density at radius 1 is 1.89 bits per heavy atom. The van der Waals surface area contributed by atoms with Gasteiger partial charge in [0.05, 0.1) is 6.04 Å².